The second kappa shape index (κ2) is 10.1. The number of aliphatic imine (C=N–C) groups is 1. The molecule has 0 radical (unpaired) electrons. The molecule has 0 aliphatic heterocycles. The summed E-state index contributed by atoms with van der Waals surface area (Å²) in [6.07, 6.45) is 3.52. The molecule has 3 N–H and O–H groups in total. The lowest BCUT2D eigenvalue weighted by Crippen LogP contribution is -2.38. The first-order valence-electron chi connectivity index (χ1n) is 8.08. The average molecular weight is 437 g/mol. The van der Waals surface area contributed by atoms with Crippen LogP contribution in [-0.2, 0) is 12.0 Å². The van der Waals surface area contributed by atoms with Gasteiger partial charge in [0.25, 0.3) is 0 Å². The fourth-order valence-electron chi connectivity index (χ4n) is 1.98. The van der Waals surface area contributed by atoms with E-state index in [0.29, 0.717) is 30.3 Å². The number of rotatable bonds is 7. The maximum absolute atomic E-state index is 5.90. The maximum Gasteiger partial charge on any atom is 0.232 e. The fourth-order valence-corrected chi connectivity index (χ4v) is 1.98. The molecule has 1 aromatic heterocycles. The lowest BCUT2D eigenvalue weighted by molar-refractivity contribution is 0.318. The predicted octanol–water partition coefficient (Wildman–Crippen LogP) is 3.60. The summed E-state index contributed by atoms with van der Waals surface area (Å²) in [7, 11) is 0. The number of nitrogens with zero attached hydrogens (tertiary/aromatic N) is 3. The van der Waals surface area contributed by atoms with Crippen LogP contribution in [0.1, 0.15) is 72.5 Å². The minimum atomic E-state index is -0.149. The fraction of sp³-hybridized carbons (Fsp3) is 0.812. The molecule has 134 valence electrons. The van der Waals surface area contributed by atoms with E-state index in [1.54, 1.807) is 0 Å². The highest BCUT2D eigenvalue weighted by Gasteiger charge is 2.21. The Hall–Kier alpha value is -0.860. The Labute approximate surface area is 157 Å². The highest BCUT2D eigenvalue weighted by molar-refractivity contribution is 14.0. The van der Waals surface area contributed by atoms with Gasteiger partial charge in [-0.05, 0) is 19.3 Å². The third kappa shape index (κ3) is 9.12. The molecule has 0 bridgehead atoms. The molecule has 1 atom stereocenters. The molecule has 0 saturated heterocycles. The van der Waals surface area contributed by atoms with Gasteiger partial charge in [0.05, 0.1) is 0 Å². The molecule has 0 aromatic carbocycles. The van der Waals surface area contributed by atoms with E-state index in [4.69, 9.17) is 10.3 Å². The summed E-state index contributed by atoms with van der Waals surface area (Å²) in [6, 6.07) is 0.318. The minimum absolute atomic E-state index is 0. The second-order valence-corrected chi connectivity index (χ2v) is 7.34. The maximum atomic E-state index is 5.90. The topological polar surface area (TPSA) is 89.3 Å². The van der Waals surface area contributed by atoms with Crippen molar-refractivity contribution in [2.24, 2.45) is 16.6 Å². The Morgan fingerprint density at radius 1 is 1.26 bits per heavy atom. The Morgan fingerprint density at radius 3 is 2.43 bits per heavy atom. The van der Waals surface area contributed by atoms with Crippen molar-refractivity contribution in [3.63, 3.8) is 0 Å². The number of nitrogens with one attached hydrogen (secondary N) is 1. The van der Waals surface area contributed by atoms with Crippen LogP contribution in [0.3, 0.4) is 0 Å². The summed E-state index contributed by atoms with van der Waals surface area (Å²) in [6.45, 7) is 13.0. The standard InChI is InChI=1S/C16H31N5O.HI/c1-11(2)8-7-9-12(3)19-15(17)18-10-13-20-14(22-21-13)16(4,5)6;/h11-12H,7-10H2,1-6H3,(H3,17,18,19);1H. The first-order chi connectivity index (χ1) is 10.2. The normalized spacial score (nSPS) is 13.8. The number of nitrogens with two attached hydrogens (primary N) is 1. The number of guanidine groups is 1. The zero-order valence-corrected chi connectivity index (χ0v) is 17.5. The Bertz CT molecular complexity index is 479. The minimum Gasteiger partial charge on any atom is -0.370 e. The van der Waals surface area contributed by atoms with Gasteiger partial charge in [-0.2, -0.15) is 4.98 Å². The molecule has 1 rings (SSSR count). The molecule has 0 amide bonds. The van der Waals surface area contributed by atoms with Gasteiger partial charge in [0.2, 0.25) is 5.89 Å². The third-order valence-corrected chi connectivity index (χ3v) is 3.31. The van der Waals surface area contributed by atoms with Gasteiger partial charge in [0, 0.05) is 11.5 Å². The van der Waals surface area contributed by atoms with Crippen molar-refractivity contribution in [3.05, 3.63) is 11.7 Å². The van der Waals surface area contributed by atoms with Gasteiger partial charge >= 0.3 is 0 Å². The Kier molecular flexibility index (Phi) is 9.72. The smallest absolute Gasteiger partial charge is 0.232 e. The first kappa shape index (κ1) is 22.1. The molecule has 7 heteroatoms. The summed E-state index contributed by atoms with van der Waals surface area (Å²) in [5.41, 5.74) is 5.75. The number of halogens is 1. The van der Waals surface area contributed by atoms with Crippen molar-refractivity contribution in [3.8, 4) is 0 Å². The van der Waals surface area contributed by atoms with Crippen LogP contribution in [0.2, 0.25) is 0 Å². The summed E-state index contributed by atoms with van der Waals surface area (Å²) >= 11 is 0. The van der Waals surface area contributed by atoms with E-state index in [0.717, 1.165) is 12.3 Å². The summed E-state index contributed by atoms with van der Waals surface area (Å²) in [4.78, 5) is 8.60. The lowest BCUT2D eigenvalue weighted by atomic mass is 9.97. The number of hydrogen-bond acceptors (Lipinski definition) is 4. The van der Waals surface area contributed by atoms with Gasteiger partial charge in [-0.3, -0.25) is 0 Å². The molecular formula is C16H32IN5O. The largest absolute Gasteiger partial charge is 0.370 e. The monoisotopic (exact) mass is 437 g/mol. The van der Waals surface area contributed by atoms with E-state index in [1.807, 2.05) is 20.8 Å². The van der Waals surface area contributed by atoms with Crippen molar-refractivity contribution in [2.45, 2.75) is 78.8 Å². The molecule has 0 spiro atoms. The van der Waals surface area contributed by atoms with E-state index >= 15 is 0 Å². The third-order valence-electron chi connectivity index (χ3n) is 3.31. The molecule has 0 saturated carbocycles. The van der Waals surface area contributed by atoms with Crippen molar-refractivity contribution in [2.75, 3.05) is 0 Å². The molecule has 1 unspecified atom stereocenters. The van der Waals surface area contributed by atoms with Gasteiger partial charge in [0.1, 0.15) is 6.54 Å². The molecule has 0 aliphatic carbocycles. The number of hydrogen-bond donors (Lipinski definition) is 2. The summed E-state index contributed by atoms with van der Waals surface area (Å²) in [5.74, 6) is 2.35. The van der Waals surface area contributed by atoms with Gasteiger partial charge in [0.15, 0.2) is 11.8 Å². The van der Waals surface area contributed by atoms with Crippen LogP contribution in [0.4, 0.5) is 0 Å². The van der Waals surface area contributed by atoms with Gasteiger partial charge in [-0.1, -0.05) is 52.6 Å². The summed E-state index contributed by atoms with van der Waals surface area (Å²) < 4.78 is 5.23. The van der Waals surface area contributed by atoms with Crippen LogP contribution < -0.4 is 11.1 Å². The van der Waals surface area contributed by atoms with Gasteiger partial charge in [-0.15, -0.1) is 24.0 Å². The van der Waals surface area contributed by atoms with E-state index < -0.39 is 0 Å². The van der Waals surface area contributed by atoms with Crippen LogP contribution in [-0.4, -0.2) is 22.1 Å². The predicted molar refractivity (Wildman–Crippen MR) is 105 cm³/mol. The molecule has 6 nitrogen and oxygen atoms in total. The van der Waals surface area contributed by atoms with Crippen LogP contribution in [0.5, 0.6) is 0 Å². The molecule has 1 heterocycles. The SMILES string of the molecule is CC(C)CCCC(C)NC(N)=NCc1noc(C(C)(C)C)n1.I. The zero-order valence-electron chi connectivity index (χ0n) is 15.2. The van der Waals surface area contributed by atoms with Crippen LogP contribution in [0, 0.1) is 5.92 Å². The van der Waals surface area contributed by atoms with Crippen LogP contribution in [0.15, 0.2) is 9.52 Å². The van der Waals surface area contributed by atoms with Gasteiger partial charge in [-0.25, -0.2) is 4.99 Å². The van der Waals surface area contributed by atoms with E-state index in [2.05, 4.69) is 41.2 Å². The lowest BCUT2D eigenvalue weighted by Gasteiger charge is -2.14. The van der Waals surface area contributed by atoms with Crippen molar-refractivity contribution < 1.29 is 4.52 Å². The molecule has 0 fully saturated rings. The van der Waals surface area contributed by atoms with Crippen LogP contribution >= 0.6 is 24.0 Å². The van der Waals surface area contributed by atoms with Crippen molar-refractivity contribution >= 4 is 29.9 Å². The number of aromatic nitrogens is 2. The van der Waals surface area contributed by atoms with Crippen molar-refractivity contribution in [1.29, 1.82) is 0 Å². The Morgan fingerprint density at radius 2 is 1.91 bits per heavy atom. The average Bonchev–Trinajstić information content (AvgIpc) is 2.84. The zero-order chi connectivity index (χ0) is 16.8. The molecule has 0 aliphatic rings. The van der Waals surface area contributed by atoms with Crippen molar-refractivity contribution in [1.82, 2.24) is 15.5 Å². The first-order valence-corrected chi connectivity index (χ1v) is 8.08. The van der Waals surface area contributed by atoms with Gasteiger partial charge < -0.3 is 15.6 Å². The quantitative estimate of drug-likeness (QED) is 0.387. The molecule has 1 aromatic rings. The highest BCUT2D eigenvalue weighted by atomic mass is 127. The second-order valence-electron chi connectivity index (χ2n) is 7.34. The highest BCUT2D eigenvalue weighted by Crippen LogP contribution is 2.19. The molecule has 23 heavy (non-hydrogen) atoms. The Balaban J connectivity index is 0.00000484. The van der Waals surface area contributed by atoms with Crippen LogP contribution in [0.25, 0.3) is 0 Å². The summed E-state index contributed by atoms with van der Waals surface area (Å²) in [5, 5.41) is 7.13. The van der Waals surface area contributed by atoms with E-state index in [1.165, 1.54) is 12.8 Å². The molecular weight excluding hydrogens is 405 g/mol. The van der Waals surface area contributed by atoms with E-state index in [9.17, 15) is 0 Å². The van der Waals surface area contributed by atoms with E-state index in [-0.39, 0.29) is 29.4 Å².